The van der Waals surface area contributed by atoms with Crippen molar-refractivity contribution in [1.82, 2.24) is 15.2 Å². The number of aromatic nitrogens is 1. The van der Waals surface area contributed by atoms with E-state index in [0.717, 1.165) is 5.69 Å². The van der Waals surface area contributed by atoms with Gasteiger partial charge in [-0.3, -0.25) is 9.59 Å². The second-order valence-electron chi connectivity index (χ2n) is 5.32. The van der Waals surface area contributed by atoms with Gasteiger partial charge in [-0.2, -0.15) is 0 Å². The van der Waals surface area contributed by atoms with Crippen molar-refractivity contribution in [2.24, 2.45) is 0 Å². The largest absolute Gasteiger partial charge is 0.481 e. The molecule has 2 heterocycles. The van der Waals surface area contributed by atoms with Crippen LogP contribution in [0.5, 0.6) is 5.88 Å². The number of hydrogen-bond acceptors (Lipinski definition) is 4. The monoisotopic (exact) mass is 277 g/mol. The van der Waals surface area contributed by atoms with Crippen molar-refractivity contribution >= 4 is 11.8 Å². The van der Waals surface area contributed by atoms with Crippen LogP contribution in [0.4, 0.5) is 0 Å². The van der Waals surface area contributed by atoms with Crippen LogP contribution in [0.3, 0.4) is 0 Å². The standard InChI is InChI=1S/C14H19N3O3/c1-14(2)13(19)17(8-7-11(18)16-14)9-10-5-4-6-12(15-10)20-3/h4-6H,7-9H2,1-3H3,(H,16,18). The highest BCUT2D eigenvalue weighted by atomic mass is 16.5. The van der Waals surface area contributed by atoms with Crippen molar-refractivity contribution < 1.29 is 14.3 Å². The van der Waals surface area contributed by atoms with Gasteiger partial charge in [-0.25, -0.2) is 4.98 Å². The number of pyridine rings is 1. The van der Waals surface area contributed by atoms with Crippen LogP contribution < -0.4 is 10.1 Å². The molecule has 20 heavy (non-hydrogen) atoms. The van der Waals surface area contributed by atoms with Crippen LogP contribution in [-0.2, 0) is 16.1 Å². The Morgan fingerprint density at radius 1 is 1.40 bits per heavy atom. The summed E-state index contributed by atoms with van der Waals surface area (Å²) in [6, 6.07) is 5.42. The van der Waals surface area contributed by atoms with Gasteiger partial charge in [-0.1, -0.05) is 6.07 Å². The average Bonchev–Trinajstić information content (AvgIpc) is 2.50. The first-order valence-electron chi connectivity index (χ1n) is 6.53. The molecule has 1 aliphatic heterocycles. The molecule has 0 aliphatic carbocycles. The molecule has 1 saturated heterocycles. The minimum absolute atomic E-state index is 0.104. The normalized spacial score (nSPS) is 18.4. The first-order chi connectivity index (χ1) is 9.42. The number of hydrogen-bond donors (Lipinski definition) is 1. The zero-order chi connectivity index (χ0) is 14.8. The summed E-state index contributed by atoms with van der Waals surface area (Å²) in [5, 5.41) is 2.73. The van der Waals surface area contributed by atoms with Gasteiger partial charge in [0.1, 0.15) is 5.54 Å². The number of rotatable bonds is 3. The molecule has 6 nitrogen and oxygen atoms in total. The predicted octanol–water partition coefficient (Wildman–Crippen LogP) is 0.717. The number of carbonyl (C=O) groups is 2. The average molecular weight is 277 g/mol. The number of amides is 2. The van der Waals surface area contributed by atoms with Crippen LogP contribution in [0.25, 0.3) is 0 Å². The first-order valence-corrected chi connectivity index (χ1v) is 6.53. The second kappa shape index (κ2) is 5.48. The molecule has 1 aliphatic rings. The molecule has 0 atom stereocenters. The van der Waals surface area contributed by atoms with E-state index in [2.05, 4.69) is 10.3 Å². The van der Waals surface area contributed by atoms with Gasteiger partial charge in [0.2, 0.25) is 17.7 Å². The molecule has 0 saturated carbocycles. The molecule has 108 valence electrons. The lowest BCUT2D eigenvalue weighted by molar-refractivity contribution is -0.137. The third-order valence-electron chi connectivity index (χ3n) is 3.23. The molecule has 1 aromatic rings. The number of nitrogens with one attached hydrogen (secondary N) is 1. The fourth-order valence-electron chi connectivity index (χ4n) is 2.20. The second-order valence-corrected chi connectivity index (χ2v) is 5.32. The van der Waals surface area contributed by atoms with Crippen LogP contribution >= 0.6 is 0 Å². The molecule has 0 aromatic carbocycles. The van der Waals surface area contributed by atoms with Crippen molar-refractivity contribution in [3.63, 3.8) is 0 Å². The minimum Gasteiger partial charge on any atom is -0.481 e. The van der Waals surface area contributed by atoms with Gasteiger partial charge in [0, 0.05) is 19.0 Å². The van der Waals surface area contributed by atoms with Gasteiger partial charge in [-0.15, -0.1) is 0 Å². The quantitative estimate of drug-likeness (QED) is 0.883. The molecule has 0 bridgehead atoms. The molecule has 0 spiro atoms. The zero-order valence-corrected chi connectivity index (χ0v) is 12.0. The van der Waals surface area contributed by atoms with Crippen LogP contribution in [0.1, 0.15) is 26.0 Å². The summed E-state index contributed by atoms with van der Waals surface area (Å²) < 4.78 is 5.07. The van der Waals surface area contributed by atoms with E-state index >= 15 is 0 Å². The third-order valence-corrected chi connectivity index (χ3v) is 3.23. The van der Waals surface area contributed by atoms with Crippen LogP contribution in [0.2, 0.25) is 0 Å². The van der Waals surface area contributed by atoms with Gasteiger partial charge in [0.25, 0.3) is 0 Å². The van der Waals surface area contributed by atoms with E-state index in [4.69, 9.17) is 4.74 Å². The Labute approximate surface area is 118 Å². The van der Waals surface area contributed by atoms with Crippen molar-refractivity contribution in [3.8, 4) is 5.88 Å². The summed E-state index contributed by atoms with van der Waals surface area (Å²) in [6.07, 6.45) is 0.305. The molecule has 1 N–H and O–H groups in total. The van der Waals surface area contributed by atoms with Crippen LogP contribution in [-0.4, -0.2) is 40.9 Å². The highest BCUT2D eigenvalue weighted by Gasteiger charge is 2.36. The Morgan fingerprint density at radius 3 is 2.85 bits per heavy atom. The minimum atomic E-state index is -0.882. The predicted molar refractivity (Wildman–Crippen MR) is 73.0 cm³/mol. The first kappa shape index (κ1) is 14.3. The maximum atomic E-state index is 12.4. The molecule has 1 aromatic heterocycles. The third kappa shape index (κ3) is 3.07. The molecule has 6 heteroatoms. The van der Waals surface area contributed by atoms with E-state index in [0.29, 0.717) is 25.4 Å². The zero-order valence-electron chi connectivity index (χ0n) is 12.0. The van der Waals surface area contributed by atoms with Crippen LogP contribution in [0, 0.1) is 0 Å². The number of methoxy groups -OCH3 is 1. The molecule has 0 radical (unpaired) electrons. The maximum Gasteiger partial charge on any atom is 0.248 e. The van der Waals surface area contributed by atoms with E-state index in [1.807, 2.05) is 12.1 Å². The highest BCUT2D eigenvalue weighted by molar-refractivity contribution is 5.92. The molecule has 2 amide bonds. The molecule has 0 unspecified atom stereocenters. The molecular weight excluding hydrogens is 258 g/mol. The number of ether oxygens (including phenoxy) is 1. The number of nitrogens with zero attached hydrogens (tertiary/aromatic N) is 2. The SMILES string of the molecule is COc1cccc(CN2CCC(=O)NC(C)(C)C2=O)n1. The summed E-state index contributed by atoms with van der Waals surface area (Å²) in [6.45, 7) is 4.19. The Bertz CT molecular complexity index is 528. The van der Waals surface area contributed by atoms with Gasteiger partial charge in [0.05, 0.1) is 19.3 Å². The molecule has 1 fully saturated rings. The Kier molecular flexibility index (Phi) is 3.92. The van der Waals surface area contributed by atoms with Crippen molar-refractivity contribution in [2.75, 3.05) is 13.7 Å². The van der Waals surface area contributed by atoms with E-state index in [-0.39, 0.29) is 11.8 Å². The van der Waals surface area contributed by atoms with Crippen molar-refractivity contribution in [1.29, 1.82) is 0 Å². The summed E-state index contributed by atoms with van der Waals surface area (Å²) in [4.78, 5) is 30.0. The van der Waals surface area contributed by atoms with Crippen molar-refractivity contribution in [2.45, 2.75) is 32.4 Å². The summed E-state index contributed by atoms with van der Waals surface area (Å²) in [7, 11) is 1.55. The lowest BCUT2D eigenvalue weighted by atomic mass is 10.0. The van der Waals surface area contributed by atoms with Crippen LogP contribution in [0.15, 0.2) is 18.2 Å². The highest BCUT2D eigenvalue weighted by Crippen LogP contribution is 2.16. The Balaban J connectivity index is 2.18. The Morgan fingerprint density at radius 2 is 2.15 bits per heavy atom. The van der Waals surface area contributed by atoms with E-state index < -0.39 is 5.54 Å². The molecular formula is C14H19N3O3. The Hall–Kier alpha value is -2.11. The van der Waals surface area contributed by atoms with Gasteiger partial charge in [-0.05, 0) is 19.9 Å². The van der Waals surface area contributed by atoms with Gasteiger partial charge in [0.15, 0.2) is 0 Å². The maximum absolute atomic E-state index is 12.4. The lowest BCUT2D eigenvalue weighted by Gasteiger charge is -2.28. The topological polar surface area (TPSA) is 71.5 Å². The van der Waals surface area contributed by atoms with E-state index in [1.165, 1.54) is 0 Å². The summed E-state index contributed by atoms with van der Waals surface area (Å²) in [5.41, 5.74) is -0.144. The summed E-state index contributed by atoms with van der Waals surface area (Å²) in [5.74, 6) is 0.302. The fraction of sp³-hybridized carbons (Fsp3) is 0.500. The van der Waals surface area contributed by atoms with E-state index in [9.17, 15) is 9.59 Å². The van der Waals surface area contributed by atoms with E-state index in [1.54, 1.807) is 31.9 Å². The van der Waals surface area contributed by atoms with Crippen molar-refractivity contribution in [3.05, 3.63) is 23.9 Å². The van der Waals surface area contributed by atoms with Gasteiger partial charge < -0.3 is 15.0 Å². The molecule has 2 rings (SSSR count). The van der Waals surface area contributed by atoms with Gasteiger partial charge >= 0.3 is 0 Å². The summed E-state index contributed by atoms with van der Waals surface area (Å²) >= 11 is 0. The lowest BCUT2D eigenvalue weighted by Crippen LogP contribution is -2.52. The smallest absolute Gasteiger partial charge is 0.248 e. The fourth-order valence-corrected chi connectivity index (χ4v) is 2.20. The number of carbonyl (C=O) groups excluding carboxylic acids is 2.